The van der Waals surface area contributed by atoms with Crippen LogP contribution >= 0.6 is 22.7 Å². The average molecular weight is 639 g/mol. The van der Waals surface area contributed by atoms with E-state index in [1.807, 2.05) is 48.9 Å². The van der Waals surface area contributed by atoms with Crippen LogP contribution in [0.1, 0.15) is 20.9 Å². The molecule has 2 aromatic carbocycles. The van der Waals surface area contributed by atoms with Crippen LogP contribution in [0.25, 0.3) is 0 Å². The first-order valence-electron chi connectivity index (χ1n) is 13.6. The van der Waals surface area contributed by atoms with Crippen molar-refractivity contribution in [2.45, 2.75) is 48.6 Å². The van der Waals surface area contributed by atoms with Gasteiger partial charge in [0.15, 0.2) is 0 Å². The highest BCUT2D eigenvalue weighted by atomic mass is 32.2. The lowest BCUT2D eigenvalue weighted by Crippen LogP contribution is -2.63. The Kier molecular flexibility index (Phi) is 9.03. The Balaban J connectivity index is 1.58. The summed E-state index contributed by atoms with van der Waals surface area (Å²) in [5.41, 5.74) is 2.95. The molecule has 2 atom stereocenters. The SMILES string of the molecule is C=C1C(=C)[C@H](N(CCc2cccs2)S(=O)(=O)c2ccc(C)cc2)[C@H]1N(CCc1cccs1)S(=O)(=O)c1ccc(C)cc1. The van der Waals surface area contributed by atoms with Gasteiger partial charge < -0.3 is 0 Å². The van der Waals surface area contributed by atoms with Crippen LogP contribution in [-0.4, -0.2) is 50.6 Å². The Morgan fingerprint density at radius 3 is 1.29 bits per heavy atom. The molecule has 0 spiro atoms. The molecule has 1 saturated carbocycles. The van der Waals surface area contributed by atoms with E-state index >= 15 is 0 Å². The zero-order chi connectivity index (χ0) is 30.1. The summed E-state index contributed by atoms with van der Waals surface area (Å²) in [6.45, 7) is 12.5. The van der Waals surface area contributed by atoms with Crippen LogP contribution < -0.4 is 0 Å². The van der Waals surface area contributed by atoms with Gasteiger partial charge in [-0.3, -0.25) is 0 Å². The molecule has 10 heteroatoms. The van der Waals surface area contributed by atoms with E-state index in [9.17, 15) is 16.8 Å². The Hall–Kier alpha value is -2.86. The van der Waals surface area contributed by atoms with Gasteiger partial charge in [-0.15, -0.1) is 22.7 Å². The second kappa shape index (κ2) is 12.4. The van der Waals surface area contributed by atoms with E-state index in [0.717, 1.165) is 20.9 Å². The lowest BCUT2D eigenvalue weighted by atomic mass is 9.76. The highest BCUT2D eigenvalue weighted by Gasteiger charge is 2.52. The molecule has 5 rings (SSSR count). The van der Waals surface area contributed by atoms with Crippen LogP contribution in [0.15, 0.2) is 118 Å². The Labute approximate surface area is 257 Å². The van der Waals surface area contributed by atoms with Crippen molar-refractivity contribution in [1.82, 2.24) is 8.61 Å². The molecule has 2 heterocycles. The van der Waals surface area contributed by atoms with Gasteiger partial charge in [0.2, 0.25) is 20.0 Å². The van der Waals surface area contributed by atoms with Gasteiger partial charge in [0.1, 0.15) is 0 Å². The zero-order valence-corrected chi connectivity index (χ0v) is 26.9. The van der Waals surface area contributed by atoms with Crippen molar-refractivity contribution in [1.29, 1.82) is 0 Å². The minimum Gasteiger partial charge on any atom is -0.207 e. The fourth-order valence-electron chi connectivity index (χ4n) is 5.19. The molecule has 4 aromatic rings. The smallest absolute Gasteiger partial charge is 0.207 e. The predicted octanol–water partition coefficient (Wildman–Crippen LogP) is 6.46. The van der Waals surface area contributed by atoms with Crippen molar-refractivity contribution < 1.29 is 16.8 Å². The monoisotopic (exact) mass is 638 g/mol. The highest BCUT2D eigenvalue weighted by Crippen LogP contribution is 2.43. The largest absolute Gasteiger partial charge is 0.243 e. The van der Waals surface area contributed by atoms with Crippen molar-refractivity contribution in [3.05, 3.63) is 129 Å². The molecular formula is C32H34N2O4S4. The summed E-state index contributed by atoms with van der Waals surface area (Å²) in [7, 11) is -8.02. The fraction of sp³-hybridized carbons (Fsp3) is 0.250. The Morgan fingerprint density at radius 1 is 0.619 bits per heavy atom. The van der Waals surface area contributed by atoms with E-state index in [1.165, 1.54) is 8.61 Å². The number of aryl methyl sites for hydroxylation is 2. The normalized spacial score (nSPS) is 17.6. The molecular weight excluding hydrogens is 605 g/mol. The van der Waals surface area contributed by atoms with Gasteiger partial charge in [0.05, 0.1) is 21.9 Å². The molecule has 0 bridgehead atoms. The summed E-state index contributed by atoms with van der Waals surface area (Å²) in [5.74, 6) is 0. The molecule has 1 fully saturated rings. The molecule has 0 N–H and O–H groups in total. The van der Waals surface area contributed by atoms with Crippen LogP contribution in [0.2, 0.25) is 0 Å². The van der Waals surface area contributed by atoms with E-state index in [4.69, 9.17) is 0 Å². The van der Waals surface area contributed by atoms with E-state index in [0.29, 0.717) is 24.0 Å². The topological polar surface area (TPSA) is 74.8 Å². The molecule has 220 valence electrons. The van der Waals surface area contributed by atoms with Crippen LogP contribution in [0, 0.1) is 13.8 Å². The second-order valence-corrected chi connectivity index (χ2v) is 16.3. The predicted molar refractivity (Wildman–Crippen MR) is 172 cm³/mol. The molecule has 6 nitrogen and oxygen atoms in total. The number of benzene rings is 2. The number of nitrogens with zero attached hydrogens (tertiary/aromatic N) is 2. The molecule has 1 aliphatic carbocycles. The van der Waals surface area contributed by atoms with E-state index in [-0.39, 0.29) is 22.9 Å². The summed E-state index contributed by atoms with van der Waals surface area (Å²) < 4.78 is 59.9. The van der Waals surface area contributed by atoms with Gasteiger partial charge in [0.25, 0.3) is 0 Å². The minimum atomic E-state index is -4.01. The molecule has 42 heavy (non-hydrogen) atoms. The number of hydrogen-bond acceptors (Lipinski definition) is 6. The average Bonchev–Trinajstić information content (AvgIpc) is 3.69. The summed E-state index contributed by atoms with van der Waals surface area (Å²) in [5, 5.41) is 3.92. The maximum atomic E-state index is 14.3. The van der Waals surface area contributed by atoms with Crippen LogP contribution in [-0.2, 0) is 32.9 Å². The molecule has 0 radical (unpaired) electrons. The van der Waals surface area contributed by atoms with Crippen molar-refractivity contribution in [3.8, 4) is 0 Å². The third-order valence-electron chi connectivity index (χ3n) is 7.62. The minimum absolute atomic E-state index is 0.162. The second-order valence-electron chi connectivity index (χ2n) is 10.5. The van der Waals surface area contributed by atoms with Crippen LogP contribution in [0.5, 0.6) is 0 Å². The molecule has 1 aliphatic rings. The third-order valence-corrected chi connectivity index (χ3v) is 13.3. The first-order chi connectivity index (χ1) is 20.0. The summed E-state index contributed by atoms with van der Waals surface area (Å²) in [6, 6.07) is 19.7. The molecule has 0 unspecified atom stereocenters. The quantitative estimate of drug-likeness (QED) is 0.179. The first kappa shape index (κ1) is 30.6. The number of thiophene rings is 2. The van der Waals surface area contributed by atoms with Gasteiger partial charge >= 0.3 is 0 Å². The van der Waals surface area contributed by atoms with Gasteiger partial charge in [-0.05, 0) is 85.0 Å². The standard InChI is InChI=1S/C32H34N2O4S4/c1-23-9-13-29(14-10-23)41(35,36)33(19-17-27-7-5-21-39-27)31-25(3)26(4)32(31)34(20-18-28-8-6-22-40-28)42(37,38)30-15-11-24(2)12-16-30/h5-16,21-22,31-32H,3-4,17-20H2,1-2H3/t31-,32-/m0/s1. The maximum Gasteiger partial charge on any atom is 0.243 e. The summed E-state index contributed by atoms with van der Waals surface area (Å²) in [6.07, 6.45) is 0.983. The van der Waals surface area contributed by atoms with Gasteiger partial charge in [-0.1, -0.05) is 60.7 Å². The molecule has 0 saturated heterocycles. The summed E-state index contributed by atoms with van der Waals surface area (Å²) >= 11 is 3.12. The van der Waals surface area contributed by atoms with Crippen LogP contribution in [0.4, 0.5) is 0 Å². The van der Waals surface area contributed by atoms with Gasteiger partial charge in [-0.25, -0.2) is 16.8 Å². The first-order valence-corrected chi connectivity index (χ1v) is 18.2. The number of sulfonamides is 2. The Morgan fingerprint density at radius 2 is 0.976 bits per heavy atom. The van der Waals surface area contributed by atoms with Crippen molar-refractivity contribution in [2.24, 2.45) is 0 Å². The van der Waals surface area contributed by atoms with Crippen molar-refractivity contribution >= 4 is 42.7 Å². The number of rotatable bonds is 12. The Bertz CT molecular complexity index is 1630. The lowest BCUT2D eigenvalue weighted by Gasteiger charge is -2.50. The number of hydrogen-bond donors (Lipinski definition) is 0. The zero-order valence-electron chi connectivity index (χ0n) is 23.6. The third kappa shape index (κ3) is 6.10. The molecule has 0 amide bonds. The van der Waals surface area contributed by atoms with E-state index in [1.54, 1.807) is 71.2 Å². The van der Waals surface area contributed by atoms with Gasteiger partial charge in [0, 0.05) is 22.8 Å². The van der Waals surface area contributed by atoms with Crippen molar-refractivity contribution in [3.63, 3.8) is 0 Å². The van der Waals surface area contributed by atoms with Gasteiger partial charge in [-0.2, -0.15) is 8.61 Å². The fourth-order valence-corrected chi connectivity index (χ4v) is 9.83. The summed E-state index contributed by atoms with van der Waals surface area (Å²) in [4.78, 5) is 2.41. The maximum absolute atomic E-state index is 14.3. The highest BCUT2D eigenvalue weighted by molar-refractivity contribution is 7.89. The van der Waals surface area contributed by atoms with Crippen molar-refractivity contribution in [2.75, 3.05) is 13.1 Å². The van der Waals surface area contributed by atoms with Crippen LogP contribution in [0.3, 0.4) is 0 Å². The molecule has 0 aliphatic heterocycles. The lowest BCUT2D eigenvalue weighted by molar-refractivity contribution is 0.205. The molecule has 2 aromatic heterocycles. The van der Waals surface area contributed by atoms with E-state index < -0.39 is 32.1 Å². The van der Waals surface area contributed by atoms with E-state index in [2.05, 4.69) is 13.2 Å².